The lowest BCUT2D eigenvalue weighted by atomic mass is 9.77. The van der Waals surface area contributed by atoms with Gasteiger partial charge in [-0.05, 0) is 41.9 Å². The van der Waals surface area contributed by atoms with E-state index in [4.69, 9.17) is 14.2 Å². The molecule has 0 spiro atoms. The van der Waals surface area contributed by atoms with E-state index in [0.29, 0.717) is 37.4 Å². The summed E-state index contributed by atoms with van der Waals surface area (Å²) in [6.45, 7) is 1.36. The SMILES string of the molecule is COCCNC(=O)C1=C[C@H](C2CCCCC2)C[C@H](OCc2ccc(CO)cc2)O1. The van der Waals surface area contributed by atoms with E-state index in [2.05, 4.69) is 5.32 Å². The molecule has 1 amide bonds. The molecule has 1 aromatic carbocycles. The van der Waals surface area contributed by atoms with Gasteiger partial charge in [0.1, 0.15) is 0 Å². The van der Waals surface area contributed by atoms with Gasteiger partial charge in [-0.1, -0.05) is 43.5 Å². The third-order valence-electron chi connectivity index (χ3n) is 5.80. The van der Waals surface area contributed by atoms with Crippen LogP contribution in [0, 0.1) is 11.8 Å². The van der Waals surface area contributed by atoms with E-state index in [1.165, 1.54) is 32.1 Å². The first-order chi connectivity index (χ1) is 14.2. The van der Waals surface area contributed by atoms with E-state index in [9.17, 15) is 9.90 Å². The van der Waals surface area contributed by atoms with Crippen molar-refractivity contribution in [2.24, 2.45) is 11.8 Å². The quantitative estimate of drug-likeness (QED) is 0.619. The topological polar surface area (TPSA) is 77.0 Å². The third-order valence-corrected chi connectivity index (χ3v) is 5.80. The van der Waals surface area contributed by atoms with Crippen LogP contribution in [0.15, 0.2) is 36.1 Å². The summed E-state index contributed by atoms with van der Waals surface area (Å²) in [4.78, 5) is 12.6. The summed E-state index contributed by atoms with van der Waals surface area (Å²) >= 11 is 0. The van der Waals surface area contributed by atoms with Gasteiger partial charge in [0.2, 0.25) is 6.29 Å². The molecule has 2 N–H and O–H groups in total. The molecule has 1 aliphatic carbocycles. The van der Waals surface area contributed by atoms with Crippen LogP contribution in [-0.4, -0.2) is 37.6 Å². The number of benzene rings is 1. The number of aliphatic hydroxyl groups excluding tert-OH is 1. The second-order valence-corrected chi connectivity index (χ2v) is 7.91. The van der Waals surface area contributed by atoms with E-state index < -0.39 is 6.29 Å². The highest BCUT2D eigenvalue weighted by molar-refractivity contribution is 5.91. The van der Waals surface area contributed by atoms with Gasteiger partial charge in [-0.3, -0.25) is 4.79 Å². The van der Waals surface area contributed by atoms with E-state index in [0.717, 1.165) is 17.5 Å². The molecule has 2 atom stereocenters. The third kappa shape index (κ3) is 6.56. The van der Waals surface area contributed by atoms with Gasteiger partial charge in [0, 0.05) is 20.1 Å². The number of nitrogens with one attached hydrogen (secondary N) is 1. The molecule has 6 nitrogen and oxygen atoms in total. The molecule has 160 valence electrons. The maximum absolute atomic E-state index is 12.6. The number of amides is 1. The van der Waals surface area contributed by atoms with Gasteiger partial charge in [-0.15, -0.1) is 0 Å². The van der Waals surface area contributed by atoms with Crippen molar-refractivity contribution in [2.45, 2.75) is 58.0 Å². The average molecular weight is 404 g/mol. The highest BCUT2D eigenvalue weighted by Gasteiger charge is 2.32. The molecule has 0 saturated heterocycles. The molecule has 6 heteroatoms. The Morgan fingerprint density at radius 3 is 2.59 bits per heavy atom. The molecule has 1 aliphatic heterocycles. The van der Waals surface area contributed by atoms with Crippen LogP contribution in [-0.2, 0) is 32.2 Å². The summed E-state index contributed by atoms with van der Waals surface area (Å²) in [5, 5.41) is 12.0. The number of ether oxygens (including phenoxy) is 3. The Morgan fingerprint density at radius 2 is 1.90 bits per heavy atom. The number of carbonyl (C=O) groups excluding carboxylic acids is 1. The van der Waals surface area contributed by atoms with Crippen LogP contribution in [0.2, 0.25) is 0 Å². The Balaban J connectivity index is 1.63. The molecule has 1 saturated carbocycles. The molecule has 3 rings (SSSR count). The van der Waals surface area contributed by atoms with Crippen LogP contribution in [0.25, 0.3) is 0 Å². The summed E-state index contributed by atoms with van der Waals surface area (Å²) in [6, 6.07) is 7.67. The predicted molar refractivity (Wildman–Crippen MR) is 110 cm³/mol. The van der Waals surface area contributed by atoms with Crippen molar-refractivity contribution in [3.8, 4) is 0 Å². The fraction of sp³-hybridized carbons (Fsp3) is 0.609. The van der Waals surface area contributed by atoms with Crippen molar-refractivity contribution in [1.29, 1.82) is 0 Å². The van der Waals surface area contributed by atoms with Crippen molar-refractivity contribution in [3.63, 3.8) is 0 Å². The molecule has 0 radical (unpaired) electrons. The second-order valence-electron chi connectivity index (χ2n) is 7.91. The van der Waals surface area contributed by atoms with Crippen molar-refractivity contribution in [3.05, 3.63) is 47.2 Å². The van der Waals surface area contributed by atoms with Gasteiger partial charge >= 0.3 is 0 Å². The Hall–Kier alpha value is -1.89. The lowest BCUT2D eigenvalue weighted by Gasteiger charge is -2.35. The number of allylic oxidation sites excluding steroid dienone is 1. The number of methoxy groups -OCH3 is 1. The molecule has 0 unspecified atom stereocenters. The van der Waals surface area contributed by atoms with E-state index in [-0.39, 0.29) is 12.5 Å². The van der Waals surface area contributed by atoms with Gasteiger partial charge < -0.3 is 24.6 Å². The number of aliphatic hydroxyl groups is 1. The first kappa shape index (κ1) is 21.8. The molecule has 0 bridgehead atoms. The highest BCUT2D eigenvalue weighted by atomic mass is 16.7. The van der Waals surface area contributed by atoms with Gasteiger partial charge in [0.15, 0.2) is 5.76 Å². The van der Waals surface area contributed by atoms with E-state index in [1.807, 2.05) is 30.3 Å². The van der Waals surface area contributed by atoms with Crippen LogP contribution in [0.5, 0.6) is 0 Å². The minimum Gasteiger partial charge on any atom is -0.459 e. The normalized spacial score (nSPS) is 22.6. The van der Waals surface area contributed by atoms with Gasteiger partial charge in [0.05, 0.1) is 19.8 Å². The lowest BCUT2D eigenvalue weighted by Crippen LogP contribution is -2.36. The summed E-state index contributed by atoms with van der Waals surface area (Å²) < 4.78 is 17.0. The maximum atomic E-state index is 12.6. The smallest absolute Gasteiger partial charge is 0.286 e. The summed E-state index contributed by atoms with van der Waals surface area (Å²) in [6.07, 6.45) is 8.57. The van der Waals surface area contributed by atoms with Gasteiger partial charge in [-0.2, -0.15) is 0 Å². The van der Waals surface area contributed by atoms with Crippen LogP contribution in [0.1, 0.15) is 49.7 Å². The van der Waals surface area contributed by atoms with Crippen LogP contribution in [0.3, 0.4) is 0 Å². The number of hydrogen-bond acceptors (Lipinski definition) is 5. The van der Waals surface area contributed by atoms with Crippen LogP contribution >= 0.6 is 0 Å². The number of hydrogen-bond donors (Lipinski definition) is 2. The largest absolute Gasteiger partial charge is 0.459 e. The van der Waals surface area contributed by atoms with Crippen LogP contribution < -0.4 is 5.32 Å². The Kier molecular flexibility index (Phi) is 8.52. The molecule has 2 aliphatic rings. The monoisotopic (exact) mass is 403 g/mol. The minimum absolute atomic E-state index is 0.0300. The van der Waals surface area contributed by atoms with E-state index >= 15 is 0 Å². The Labute approximate surface area is 173 Å². The van der Waals surface area contributed by atoms with Crippen molar-refractivity contribution >= 4 is 5.91 Å². The van der Waals surface area contributed by atoms with Crippen molar-refractivity contribution in [1.82, 2.24) is 5.32 Å². The second kappa shape index (κ2) is 11.3. The molecule has 1 heterocycles. The fourth-order valence-corrected chi connectivity index (χ4v) is 4.12. The standard InChI is InChI=1S/C23H33NO5/c1-27-12-11-24-23(26)21-13-20(19-5-3-2-4-6-19)14-22(29-21)28-16-18-9-7-17(15-25)8-10-18/h7-10,13,19-20,22,25H,2-6,11-12,14-16H2,1H3,(H,24,26)/t20-,22+/m0/s1. The van der Waals surface area contributed by atoms with Crippen molar-refractivity contribution < 1.29 is 24.1 Å². The predicted octanol–water partition coefficient (Wildman–Crippen LogP) is 3.28. The van der Waals surface area contributed by atoms with Gasteiger partial charge in [0.25, 0.3) is 5.91 Å². The number of rotatable bonds is 9. The molecule has 1 aromatic rings. The molecule has 0 aromatic heterocycles. The summed E-state index contributed by atoms with van der Waals surface area (Å²) in [7, 11) is 1.61. The average Bonchev–Trinajstić information content (AvgIpc) is 2.78. The fourth-order valence-electron chi connectivity index (χ4n) is 4.12. The highest BCUT2D eigenvalue weighted by Crippen LogP contribution is 2.37. The van der Waals surface area contributed by atoms with Crippen molar-refractivity contribution in [2.75, 3.05) is 20.3 Å². The Bertz CT molecular complexity index is 666. The summed E-state index contributed by atoms with van der Waals surface area (Å²) in [5.74, 6) is 1.05. The Morgan fingerprint density at radius 1 is 1.17 bits per heavy atom. The molecular formula is C23H33NO5. The first-order valence-electron chi connectivity index (χ1n) is 10.7. The zero-order valence-electron chi connectivity index (χ0n) is 17.3. The van der Waals surface area contributed by atoms with Crippen LogP contribution in [0.4, 0.5) is 0 Å². The first-order valence-corrected chi connectivity index (χ1v) is 10.7. The maximum Gasteiger partial charge on any atom is 0.286 e. The molecule has 1 fully saturated rings. The zero-order valence-corrected chi connectivity index (χ0v) is 17.3. The molecular weight excluding hydrogens is 370 g/mol. The lowest BCUT2D eigenvalue weighted by molar-refractivity contribution is -0.156. The molecule has 29 heavy (non-hydrogen) atoms. The minimum atomic E-state index is -0.437. The zero-order chi connectivity index (χ0) is 20.5. The van der Waals surface area contributed by atoms with E-state index in [1.54, 1.807) is 7.11 Å². The summed E-state index contributed by atoms with van der Waals surface area (Å²) in [5.41, 5.74) is 1.89. The number of carbonyl (C=O) groups is 1. The van der Waals surface area contributed by atoms with Gasteiger partial charge in [-0.25, -0.2) is 0 Å².